The van der Waals surface area contributed by atoms with Gasteiger partial charge in [-0.15, -0.1) is 11.3 Å². The lowest BCUT2D eigenvalue weighted by atomic mass is 10.00. The van der Waals surface area contributed by atoms with E-state index in [1.807, 2.05) is 47.8 Å². The molecule has 1 amide bonds. The Labute approximate surface area is 158 Å². The molecule has 5 rings (SSSR count). The van der Waals surface area contributed by atoms with Crippen LogP contribution >= 0.6 is 11.3 Å². The Morgan fingerprint density at radius 2 is 2.00 bits per heavy atom. The summed E-state index contributed by atoms with van der Waals surface area (Å²) in [5.74, 6) is 0.567. The Morgan fingerprint density at radius 1 is 1.11 bits per heavy atom. The fourth-order valence-corrected chi connectivity index (χ4v) is 3.90. The van der Waals surface area contributed by atoms with E-state index in [-0.39, 0.29) is 11.9 Å². The fraction of sp³-hybridized carbons (Fsp3) is 0.100. The molecule has 0 spiro atoms. The van der Waals surface area contributed by atoms with Crippen molar-refractivity contribution in [2.24, 2.45) is 5.10 Å². The molecule has 3 aromatic heterocycles. The van der Waals surface area contributed by atoms with Crippen molar-refractivity contribution in [1.82, 2.24) is 15.0 Å². The molecule has 0 radical (unpaired) electrons. The maximum atomic E-state index is 13.0. The van der Waals surface area contributed by atoms with Crippen LogP contribution in [0.2, 0.25) is 0 Å². The van der Waals surface area contributed by atoms with Crippen molar-refractivity contribution in [3.05, 3.63) is 82.7 Å². The maximum Gasteiger partial charge on any atom is 0.284 e. The van der Waals surface area contributed by atoms with Gasteiger partial charge in [-0.1, -0.05) is 12.1 Å². The summed E-state index contributed by atoms with van der Waals surface area (Å²) in [7, 11) is 0. The first-order chi connectivity index (χ1) is 13.3. The number of amides is 1. The molecule has 1 aromatic carbocycles. The molecule has 6 nitrogen and oxygen atoms in total. The number of hydrazone groups is 1. The van der Waals surface area contributed by atoms with Crippen LogP contribution in [0.5, 0.6) is 0 Å². The molecule has 132 valence electrons. The second-order valence-electron chi connectivity index (χ2n) is 6.18. The summed E-state index contributed by atoms with van der Waals surface area (Å²) in [5.41, 5.74) is 3.35. The average Bonchev–Trinajstić information content (AvgIpc) is 3.48. The molecule has 1 unspecified atom stereocenters. The highest BCUT2D eigenvalue weighted by atomic mass is 32.1. The summed E-state index contributed by atoms with van der Waals surface area (Å²) in [5, 5.41) is 8.05. The third-order valence-electron chi connectivity index (χ3n) is 4.53. The predicted molar refractivity (Wildman–Crippen MR) is 103 cm³/mol. The maximum absolute atomic E-state index is 13.0. The summed E-state index contributed by atoms with van der Waals surface area (Å²) in [6.45, 7) is 0. The molecule has 0 fully saturated rings. The van der Waals surface area contributed by atoms with Crippen LogP contribution in [0.1, 0.15) is 33.5 Å². The van der Waals surface area contributed by atoms with Crippen LogP contribution in [0.25, 0.3) is 11.0 Å². The van der Waals surface area contributed by atoms with Gasteiger partial charge in [0.05, 0.1) is 28.2 Å². The molecular weight excluding hydrogens is 360 g/mol. The number of hydrogen-bond donors (Lipinski definition) is 0. The number of hydrogen-bond acceptors (Lipinski definition) is 6. The molecule has 0 saturated heterocycles. The predicted octanol–water partition coefficient (Wildman–Crippen LogP) is 4.28. The van der Waals surface area contributed by atoms with Gasteiger partial charge in [0.15, 0.2) is 0 Å². The van der Waals surface area contributed by atoms with Crippen molar-refractivity contribution in [3.63, 3.8) is 0 Å². The molecular formula is C20H14N4O2S. The van der Waals surface area contributed by atoms with Crippen LogP contribution in [0.3, 0.4) is 0 Å². The SMILES string of the molecule is O=C(c1cccs1)N1N=C(c2ccco2)CC1c1ccc2nccnc2c1. The number of thiophene rings is 1. The standard InChI is InChI=1S/C20H14N4O2S/c25-20(19-4-2-10-27-19)24-17(12-16(23-24)18-3-1-9-26-18)13-5-6-14-15(11-13)22-8-7-21-14/h1-11,17H,12H2. The summed E-state index contributed by atoms with van der Waals surface area (Å²) in [4.78, 5) is 22.4. The average molecular weight is 374 g/mol. The summed E-state index contributed by atoms with van der Waals surface area (Å²) >= 11 is 1.41. The number of fused-ring (bicyclic) bond motifs is 1. The first kappa shape index (κ1) is 15.9. The van der Waals surface area contributed by atoms with E-state index in [0.717, 1.165) is 22.3 Å². The van der Waals surface area contributed by atoms with Crippen LogP contribution < -0.4 is 0 Å². The molecule has 4 aromatic rings. The fourth-order valence-electron chi connectivity index (χ4n) is 3.25. The number of benzene rings is 1. The monoisotopic (exact) mass is 374 g/mol. The van der Waals surface area contributed by atoms with E-state index < -0.39 is 0 Å². The topological polar surface area (TPSA) is 71.6 Å². The lowest BCUT2D eigenvalue weighted by molar-refractivity contribution is 0.0716. The molecule has 27 heavy (non-hydrogen) atoms. The smallest absolute Gasteiger partial charge is 0.284 e. The Bertz CT molecular complexity index is 1140. The van der Waals surface area contributed by atoms with Gasteiger partial charge in [-0.3, -0.25) is 14.8 Å². The van der Waals surface area contributed by atoms with Gasteiger partial charge < -0.3 is 4.42 Å². The van der Waals surface area contributed by atoms with E-state index >= 15 is 0 Å². The van der Waals surface area contributed by atoms with Crippen LogP contribution in [0.15, 0.2) is 76.0 Å². The van der Waals surface area contributed by atoms with Gasteiger partial charge in [0.25, 0.3) is 5.91 Å². The van der Waals surface area contributed by atoms with Crippen LogP contribution in [-0.4, -0.2) is 26.6 Å². The molecule has 4 heterocycles. The van der Waals surface area contributed by atoms with Gasteiger partial charge in [-0.2, -0.15) is 5.10 Å². The van der Waals surface area contributed by atoms with Gasteiger partial charge in [-0.05, 0) is 41.3 Å². The van der Waals surface area contributed by atoms with Crippen LogP contribution in [0.4, 0.5) is 0 Å². The minimum atomic E-state index is -0.217. The Kier molecular flexibility index (Phi) is 3.79. The Hall–Kier alpha value is -3.32. The zero-order chi connectivity index (χ0) is 18.2. The Balaban J connectivity index is 1.57. The van der Waals surface area contributed by atoms with Crippen molar-refractivity contribution < 1.29 is 9.21 Å². The zero-order valence-corrected chi connectivity index (χ0v) is 15.0. The Morgan fingerprint density at radius 3 is 2.78 bits per heavy atom. The van der Waals surface area contributed by atoms with Gasteiger partial charge in [-0.25, -0.2) is 5.01 Å². The quantitative estimate of drug-likeness (QED) is 0.537. The lowest BCUT2D eigenvalue weighted by Gasteiger charge is -2.21. The van der Waals surface area contributed by atoms with Gasteiger partial charge in [0, 0.05) is 18.8 Å². The highest BCUT2D eigenvalue weighted by Gasteiger charge is 2.35. The molecule has 1 aliphatic heterocycles. The second kappa shape index (κ2) is 6.44. The van der Waals surface area contributed by atoms with Crippen molar-refractivity contribution in [2.75, 3.05) is 0 Å². The molecule has 0 aliphatic carbocycles. The van der Waals surface area contributed by atoms with Crippen molar-refractivity contribution in [3.8, 4) is 0 Å². The summed E-state index contributed by atoms with van der Waals surface area (Å²) < 4.78 is 5.50. The number of rotatable bonds is 3. The number of carbonyl (C=O) groups excluding carboxylic acids is 1. The highest BCUT2D eigenvalue weighted by molar-refractivity contribution is 7.12. The zero-order valence-electron chi connectivity index (χ0n) is 14.1. The molecule has 1 aliphatic rings. The molecule has 0 saturated carbocycles. The molecule has 7 heteroatoms. The number of carbonyl (C=O) groups is 1. The molecule has 0 N–H and O–H groups in total. The van der Waals surface area contributed by atoms with E-state index in [1.54, 1.807) is 23.7 Å². The van der Waals surface area contributed by atoms with Crippen molar-refractivity contribution in [1.29, 1.82) is 0 Å². The lowest BCUT2D eigenvalue weighted by Crippen LogP contribution is -2.26. The number of furan rings is 1. The minimum absolute atomic E-state index is 0.115. The van der Waals surface area contributed by atoms with Crippen molar-refractivity contribution in [2.45, 2.75) is 12.5 Å². The van der Waals surface area contributed by atoms with Crippen LogP contribution in [-0.2, 0) is 0 Å². The normalized spacial score (nSPS) is 16.7. The van der Waals surface area contributed by atoms with Gasteiger partial charge in [0.2, 0.25) is 0 Å². The van der Waals surface area contributed by atoms with E-state index in [1.165, 1.54) is 11.3 Å². The van der Waals surface area contributed by atoms with E-state index in [0.29, 0.717) is 17.1 Å². The van der Waals surface area contributed by atoms with Gasteiger partial charge >= 0.3 is 0 Å². The minimum Gasteiger partial charge on any atom is -0.463 e. The number of aromatic nitrogens is 2. The molecule has 0 bridgehead atoms. The first-order valence-electron chi connectivity index (χ1n) is 8.49. The largest absolute Gasteiger partial charge is 0.463 e. The van der Waals surface area contributed by atoms with E-state index in [2.05, 4.69) is 15.1 Å². The molecule has 1 atom stereocenters. The van der Waals surface area contributed by atoms with E-state index in [4.69, 9.17) is 4.42 Å². The van der Waals surface area contributed by atoms with Gasteiger partial charge in [0.1, 0.15) is 11.5 Å². The third kappa shape index (κ3) is 2.82. The second-order valence-corrected chi connectivity index (χ2v) is 7.12. The first-order valence-corrected chi connectivity index (χ1v) is 9.36. The summed E-state index contributed by atoms with van der Waals surface area (Å²) in [6, 6.07) is 13.0. The highest BCUT2D eigenvalue weighted by Crippen LogP contribution is 2.35. The number of nitrogens with zero attached hydrogens (tertiary/aromatic N) is 4. The van der Waals surface area contributed by atoms with Crippen LogP contribution in [0, 0.1) is 0 Å². The summed E-state index contributed by atoms with van der Waals surface area (Å²) in [6.07, 6.45) is 5.53. The third-order valence-corrected chi connectivity index (χ3v) is 5.39. The van der Waals surface area contributed by atoms with E-state index in [9.17, 15) is 4.79 Å². The van der Waals surface area contributed by atoms with Crippen molar-refractivity contribution >= 4 is 34.0 Å².